The lowest BCUT2D eigenvalue weighted by Gasteiger charge is -2.06. The minimum absolute atomic E-state index is 0.218. The van der Waals surface area contributed by atoms with E-state index in [-0.39, 0.29) is 5.25 Å². The Bertz CT molecular complexity index is 302. The van der Waals surface area contributed by atoms with E-state index in [1.165, 1.54) is 11.8 Å². The fraction of sp³-hybridized carbons (Fsp3) is 0.300. The predicted octanol–water partition coefficient (Wildman–Crippen LogP) is 2.97. The number of rotatable bonds is 3. The van der Waals surface area contributed by atoms with Gasteiger partial charge in [0.05, 0.1) is 7.11 Å². The van der Waals surface area contributed by atoms with E-state index >= 15 is 0 Å². The molecule has 1 rings (SSSR count). The SMILES string of the molecule is COc1ccc(C(C)SC#N)cc1. The van der Waals surface area contributed by atoms with Crippen LogP contribution >= 0.6 is 11.8 Å². The Morgan fingerprint density at radius 2 is 2.00 bits per heavy atom. The molecule has 0 saturated heterocycles. The molecule has 0 fully saturated rings. The van der Waals surface area contributed by atoms with Crippen LogP contribution < -0.4 is 4.74 Å². The molecule has 0 aliphatic heterocycles. The summed E-state index contributed by atoms with van der Waals surface area (Å²) in [7, 11) is 1.64. The summed E-state index contributed by atoms with van der Waals surface area (Å²) in [5.74, 6) is 0.845. The molecule has 3 heteroatoms. The Balaban J connectivity index is 2.74. The second-order valence-corrected chi connectivity index (χ2v) is 3.75. The van der Waals surface area contributed by atoms with Crippen LogP contribution in [0.5, 0.6) is 5.75 Å². The molecule has 0 spiro atoms. The van der Waals surface area contributed by atoms with E-state index in [9.17, 15) is 0 Å². The van der Waals surface area contributed by atoms with Gasteiger partial charge in [0, 0.05) is 5.25 Å². The smallest absolute Gasteiger partial charge is 0.133 e. The minimum atomic E-state index is 0.218. The van der Waals surface area contributed by atoms with Gasteiger partial charge in [-0.25, -0.2) is 0 Å². The lowest BCUT2D eigenvalue weighted by atomic mass is 10.2. The van der Waals surface area contributed by atoms with E-state index in [2.05, 4.69) is 5.40 Å². The van der Waals surface area contributed by atoms with E-state index in [1.807, 2.05) is 31.2 Å². The summed E-state index contributed by atoms with van der Waals surface area (Å²) in [5.41, 5.74) is 1.15. The molecule has 0 heterocycles. The highest BCUT2D eigenvalue weighted by molar-refractivity contribution is 8.03. The summed E-state index contributed by atoms with van der Waals surface area (Å²) < 4.78 is 5.04. The molecule has 1 atom stereocenters. The number of nitrogens with zero attached hydrogens (tertiary/aromatic N) is 1. The Morgan fingerprint density at radius 3 is 2.46 bits per heavy atom. The van der Waals surface area contributed by atoms with Crippen LogP contribution in [0, 0.1) is 10.7 Å². The van der Waals surface area contributed by atoms with Crippen molar-refractivity contribution in [1.82, 2.24) is 0 Å². The minimum Gasteiger partial charge on any atom is -0.497 e. The van der Waals surface area contributed by atoms with Gasteiger partial charge in [0.2, 0.25) is 0 Å². The summed E-state index contributed by atoms with van der Waals surface area (Å²) >= 11 is 1.26. The second kappa shape index (κ2) is 4.78. The largest absolute Gasteiger partial charge is 0.497 e. The van der Waals surface area contributed by atoms with Gasteiger partial charge in [-0.1, -0.05) is 12.1 Å². The van der Waals surface area contributed by atoms with Gasteiger partial charge in [0.15, 0.2) is 0 Å². The summed E-state index contributed by atoms with van der Waals surface area (Å²) in [6.45, 7) is 2.01. The van der Waals surface area contributed by atoms with E-state index in [0.717, 1.165) is 11.3 Å². The highest BCUT2D eigenvalue weighted by atomic mass is 32.2. The molecule has 0 amide bonds. The molecule has 0 aromatic heterocycles. The zero-order valence-electron chi connectivity index (χ0n) is 7.65. The molecule has 13 heavy (non-hydrogen) atoms. The van der Waals surface area contributed by atoms with Crippen LogP contribution in [-0.4, -0.2) is 7.11 Å². The maximum Gasteiger partial charge on any atom is 0.133 e. The summed E-state index contributed by atoms with van der Waals surface area (Å²) in [5, 5.41) is 10.8. The number of thiocyanates is 1. The highest BCUT2D eigenvalue weighted by Gasteiger charge is 2.04. The summed E-state index contributed by atoms with van der Waals surface area (Å²) in [6, 6.07) is 7.77. The first kappa shape index (κ1) is 9.94. The van der Waals surface area contributed by atoms with Crippen molar-refractivity contribution in [2.45, 2.75) is 12.2 Å². The third-order valence-corrected chi connectivity index (χ3v) is 2.55. The Labute approximate surface area is 82.5 Å². The van der Waals surface area contributed by atoms with Crippen molar-refractivity contribution >= 4 is 11.8 Å². The monoisotopic (exact) mass is 193 g/mol. The van der Waals surface area contributed by atoms with Gasteiger partial charge in [-0.15, -0.1) is 0 Å². The molecular weight excluding hydrogens is 182 g/mol. The van der Waals surface area contributed by atoms with Crippen molar-refractivity contribution in [2.75, 3.05) is 7.11 Å². The van der Waals surface area contributed by atoms with Crippen molar-refractivity contribution in [2.24, 2.45) is 0 Å². The average Bonchev–Trinajstić information content (AvgIpc) is 2.18. The van der Waals surface area contributed by atoms with Crippen molar-refractivity contribution in [3.8, 4) is 11.2 Å². The number of methoxy groups -OCH3 is 1. The maximum absolute atomic E-state index is 8.49. The molecule has 2 nitrogen and oxygen atoms in total. The van der Waals surface area contributed by atoms with E-state index in [0.29, 0.717) is 0 Å². The fourth-order valence-corrected chi connectivity index (χ4v) is 1.47. The van der Waals surface area contributed by atoms with Crippen LogP contribution in [0.2, 0.25) is 0 Å². The molecule has 1 aromatic carbocycles. The summed E-state index contributed by atoms with van der Waals surface area (Å²) in [6.07, 6.45) is 0. The van der Waals surface area contributed by atoms with Crippen molar-refractivity contribution < 1.29 is 4.74 Å². The van der Waals surface area contributed by atoms with Gasteiger partial charge >= 0.3 is 0 Å². The summed E-state index contributed by atoms with van der Waals surface area (Å²) in [4.78, 5) is 0. The molecule has 0 saturated carbocycles. The maximum atomic E-state index is 8.49. The van der Waals surface area contributed by atoms with Crippen LogP contribution in [-0.2, 0) is 0 Å². The van der Waals surface area contributed by atoms with Gasteiger partial charge in [0.1, 0.15) is 11.2 Å². The number of nitriles is 1. The number of thioether (sulfide) groups is 1. The van der Waals surface area contributed by atoms with E-state index in [4.69, 9.17) is 10.00 Å². The number of ether oxygens (including phenoxy) is 1. The average molecular weight is 193 g/mol. The lowest BCUT2D eigenvalue weighted by Crippen LogP contribution is -1.87. The lowest BCUT2D eigenvalue weighted by molar-refractivity contribution is 0.414. The van der Waals surface area contributed by atoms with Crippen LogP contribution in [0.15, 0.2) is 24.3 Å². The standard InChI is InChI=1S/C10H11NOS/c1-8(13-7-11)9-3-5-10(12-2)6-4-9/h3-6,8H,1-2H3. The van der Waals surface area contributed by atoms with Crippen LogP contribution in [0.25, 0.3) is 0 Å². The number of hydrogen-bond donors (Lipinski definition) is 0. The normalized spacial score (nSPS) is 11.8. The zero-order chi connectivity index (χ0) is 9.68. The molecular formula is C10H11NOS. The quantitative estimate of drug-likeness (QED) is 0.692. The Morgan fingerprint density at radius 1 is 1.38 bits per heavy atom. The molecule has 1 unspecified atom stereocenters. The predicted molar refractivity (Wildman–Crippen MR) is 54.6 cm³/mol. The molecule has 0 radical (unpaired) electrons. The highest BCUT2D eigenvalue weighted by Crippen LogP contribution is 2.28. The fourth-order valence-electron chi connectivity index (χ4n) is 1.02. The van der Waals surface area contributed by atoms with Gasteiger partial charge in [-0.2, -0.15) is 5.26 Å². The molecule has 0 aliphatic carbocycles. The second-order valence-electron chi connectivity index (χ2n) is 2.62. The first-order chi connectivity index (χ1) is 6.27. The van der Waals surface area contributed by atoms with E-state index < -0.39 is 0 Å². The van der Waals surface area contributed by atoms with Crippen molar-refractivity contribution in [1.29, 1.82) is 5.26 Å². The number of benzene rings is 1. The Hall–Kier alpha value is -1.14. The third-order valence-electron chi connectivity index (χ3n) is 1.81. The van der Waals surface area contributed by atoms with Crippen LogP contribution in [0.1, 0.15) is 17.7 Å². The van der Waals surface area contributed by atoms with Gasteiger partial charge in [-0.05, 0) is 36.4 Å². The molecule has 0 bridgehead atoms. The van der Waals surface area contributed by atoms with Crippen LogP contribution in [0.4, 0.5) is 0 Å². The van der Waals surface area contributed by atoms with Gasteiger partial charge in [-0.3, -0.25) is 0 Å². The molecule has 68 valence electrons. The van der Waals surface area contributed by atoms with Crippen LogP contribution in [0.3, 0.4) is 0 Å². The first-order valence-electron chi connectivity index (χ1n) is 3.96. The number of hydrogen-bond acceptors (Lipinski definition) is 3. The molecule has 0 N–H and O–H groups in total. The molecule has 0 aliphatic rings. The van der Waals surface area contributed by atoms with Crippen molar-refractivity contribution in [3.63, 3.8) is 0 Å². The topological polar surface area (TPSA) is 33.0 Å². The van der Waals surface area contributed by atoms with E-state index in [1.54, 1.807) is 7.11 Å². The molecule has 1 aromatic rings. The van der Waals surface area contributed by atoms with Crippen molar-refractivity contribution in [3.05, 3.63) is 29.8 Å². The van der Waals surface area contributed by atoms with Gasteiger partial charge < -0.3 is 4.74 Å². The first-order valence-corrected chi connectivity index (χ1v) is 4.84. The zero-order valence-corrected chi connectivity index (χ0v) is 8.47. The van der Waals surface area contributed by atoms with Gasteiger partial charge in [0.25, 0.3) is 0 Å². The Kier molecular flexibility index (Phi) is 3.66. The third kappa shape index (κ3) is 2.67.